The zero-order chi connectivity index (χ0) is 23.4. The number of fused-ring (bicyclic) bond motifs is 2. The van der Waals surface area contributed by atoms with Crippen molar-refractivity contribution in [2.45, 2.75) is 25.8 Å². The number of aryl methyl sites for hydroxylation is 1. The topological polar surface area (TPSA) is 80.1 Å². The number of benzene rings is 2. The largest absolute Gasteiger partial charge is 0.324 e. The summed E-state index contributed by atoms with van der Waals surface area (Å²) in [5.41, 5.74) is 3.98. The SMILES string of the molecule is Cc1ccc([C@@H]2C=C(c3ccc(Cl)cc3)Nc3nc(N4C(=O)[C@H]5CC=CC[C@H]5C4=O)nn32)cc1. The van der Waals surface area contributed by atoms with Crippen molar-refractivity contribution in [2.24, 2.45) is 11.8 Å². The van der Waals surface area contributed by atoms with E-state index < -0.39 is 0 Å². The van der Waals surface area contributed by atoms with Crippen LogP contribution in [0.25, 0.3) is 5.70 Å². The first-order valence-corrected chi connectivity index (χ1v) is 11.7. The van der Waals surface area contributed by atoms with Gasteiger partial charge in [0.1, 0.15) is 6.04 Å². The van der Waals surface area contributed by atoms with Crippen LogP contribution < -0.4 is 10.2 Å². The number of nitrogens with zero attached hydrogens (tertiary/aromatic N) is 4. The maximum Gasteiger partial charge on any atom is 0.260 e. The van der Waals surface area contributed by atoms with E-state index in [0.29, 0.717) is 23.8 Å². The van der Waals surface area contributed by atoms with Crippen LogP contribution in [0.2, 0.25) is 5.02 Å². The molecule has 1 saturated heterocycles. The summed E-state index contributed by atoms with van der Waals surface area (Å²) in [6.07, 6.45) is 7.16. The fourth-order valence-corrected chi connectivity index (χ4v) is 5.00. The summed E-state index contributed by atoms with van der Waals surface area (Å²) < 4.78 is 1.74. The van der Waals surface area contributed by atoms with Crippen molar-refractivity contribution < 1.29 is 9.59 Å². The average molecular weight is 472 g/mol. The third-order valence-corrected chi connectivity index (χ3v) is 6.99. The van der Waals surface area contributed by atoms with E-state index in [9.17, 15) is 9.59 Å². The molecule has 3 aliphatic rings. The average Bonchev–Trinajstić information content (AvgIpc) is 3.38. The zero-order valence-electron chi connectivity index (χ0n) is 18.5. The number of hydrogen-bond donors (Lipinski definition) is 1. The summed E-state index contributed by atoms with van der Waals surface area (Å²) >= 11 is 6.09. The van der Waals surface area contributed by atoms with E-state index in [1.165, 1.54) is 4.90 Å². The van der Waals surface area contributed by atoms with Gasteiger partial charge < -0.3 is 5.32 Å². The molecule has 34 heavy (non-hydrogen) atoms. The van der Waals surface area contributed by atoms with Gasteiger partial charge in [0.05, 0.1) is 11.8 Å². The van der Waals surface area contributed by atoms with E-state index in [1.807, 2.05) is 43.3 Å². The first kappa shape index (κ1) is 20.9. The Kier molecular flexibility index (Phi) is 4.88. The second kappa shape index (κ2) is 7.95. The van der Waals surface area contributed by atoms with Crippen LogP contribution in [0.3, 0.4) is 0 Å². The zero-order valence-corrected chi connectivity index (χ0v) is 19.2. The molecular weight excluding hydrogens is 450 g/mol. The number of amides is 2. The Morgan fingerprint density at radius 3 is 2.24 bits per heavy atom. The molecule has 0 radical (unpaired) electrons. The van der Waals surface area contributed by atoms with Gasteiger partial charge in [0, 0.05) is 10.7 Å². The first-order chi connectivity index (χ1) is 16.5. The predicted molar refractivity (Wildman–Crippen MR) is 130 cm³/mol. The minimum absolute atomic E-state index is 0.120. The van der Waals surface area contributed by atoms with Gasteiger partial charge in [-0.1, -0.05) is 65.7 Å². The van der Waals surface area contributed by atoms with E-state index in [4.69, 9.17) is 11.6 Å². The van der Waals surface area contributed by atoms with Crippen molar-refractivity contribution in [3.63, 3.8) is 0 Å². The number of allylic oxidation sites excluding steroid dienone is 3. The lowest BCUT2D eigenvalue weighted by Gasteiger charge is -2.24. The van der Waals surface area contributed by atoms with Crippen LogP contribution in [0.15, 0.2) is 66.8 Å². The van der Waals surface area contributed by atoms with Gasteiger partial charge in [0.15, 0.2) is 0 Å². The van der Waals surface area contributed by atoms with E-state index in [0.717, 1.165) is 22.4 Å². The summed E-state index contributed by atoms with van der Waals surface area (Å²) in [5.74, 6) is -0.514. The Hall–Kier alpha value is -3.71. The van der Waals surface area contributed by atoms with Crippen molar-refractivity contribution in [1.82, 2.24) is 14.8 Å². The molecule has 7 nitrogen and oxygen atoms in total. The molecule has 0 saturated carbocycles. The lowest BCUT2D eigenvalue weighted by atomic mass is 9.85. The van der Waals surface area contributed by atoms with Gasteiger partial charge in [0.25, 0.3) is 5.95 Å². The van der Waals surface area contributed by atoms with Crippen LogP contribution in [0.4, 0.5) is 11.9 Å². The summed E-state index contributed by atoms with van der Waals surface area (Å²) in [6.45, 7) is 2.04. The molecule has 0 unspecified atom stereocenters. The molecule has 0 bridgehead atoms. The molecule has 6 rings (SSSR count). The minimum atomic E-state index is -0.332. The van der Waals surface area contributed by atoms with Crippen LogP contribution in [0.1, 0.15) is 35.6 Å². The molecule has 3 atom stereocenters. The van der Waals surface area contributed by atoms with Crippen molar-refractivity contribution in [2.75, 3.05) is 10.2 Å². The number of imide groups is 1. The highest BCUT2D eigenvalue weighted by atomic mass is 35.5. The molecule has 0 spiro atoms. The third-order valence-electron chi connectivity index (χ3n) is 6.74. The second-order valence-electron chi connectivity index (χ2n) is 8.92. The van der Waals surface area contributed by atoms with E-state index in [2.05, 4.69) is 45.7 Å². The van der Waals surface area contributed by atoms with Crippen molar-refractivity contribution >= 4 is 41.0 Å². The second-order valence-corrected chi connectivity index (χ2v) is 9.35. The Labute approximate surface area is 201 Å². The highest BCUT2D eigenvalue weighted by Gasteiger charge is 2.49. The molecule has 1 N–H and O–H groups in total. The standard InChI is InChI=1S/C26H22ClN5O2/c1-15-6-8-17(9-7-15)22-14-21(16-10-12-18(27)13-11-16)28-25-29-26(30-32(22)25)31-23(33)19-4-2-3-5-20(19)24(31)34/h2-3,6-14,19-20,22H,4-5H2,1H3,(H,28,29,30)/t19-,20+,22-/m0/s1. The molecular formula is C26H22ClN5O2. The minimum Gasteiger partial charge on any atom is -0.324 e. The van der Waals surface area contributed by atoms with Gasteiger partial charge >= 0.3 is 0 Å². The highest BCUT2D eigenvalue weighted by molar-refractivity contribution is 6.30. The fraction of sp³-hybridized carbons (Fsp3) is 0.231. The molecule has 1 aromatic heterocycles. The van der Waals surface area contributed by atoms with Gasteiger partial charge in [-0.25, -0.2) is 9.58 Å². The number of anilines is 2. The maximum absolute atomic E-state index is 13.1. The summed E-state index contributed by atoms with van der Waals surface area (Å²) in [4.78, 5) is 32.0. The Balaban J connectivity index is 1.42. The quantitative estimate of drug-likeness (QED) is 0.440. The molecule has 1 aliphatic carbocycles. The number of carbonyl (C=O) groups excluding carboxylic acids is 2. The molecule has 2 aromatic carbocycles. The maximum atomic E-state index is 13.1. The smallest absolute Gasteiger partial charge is 0.260 e. The van der Waals surface area contributed by atoms with Crippen molar-refractivity contribution in [1.29, 1.82) is 0 Å². The molecule has 2 amide bonds. The van der Waals surface area contributed by atoms with Gasteiger partial charge in [-0.3, -0.25) is 9.59 Å². The van der Waals surface area contributed by atoms with Crippen LogP contribution >= 0.6 is 11.6 Å². The molecule has 1 fully saturated rings. The Morgan fingerprint density at radius 1 is 0.941 bits per heavy atom. The van der Waals surface area contributed by atoms with Crippen LogP contribution in [0, 0.1) is 18.8 Å². The number of nitrogens with one attached hydrogen (secondary N) is 1. The third kappa shape index (κ3) is 3.35. The number of aromatic nitrogens is 3. The number of carbonyl (C=O) groups is 2. The van der Waals surface area contributed by atoms with E-state index in [1.54, 1.807) is 4.68 Å². The predicted octanol–water partition coefficient (Wildman–Crippen LogP) is 4.75. The normalized spacial score (nSPS) is 23.4. The van der Waals surface area contributed by atoms with Gasteiger partial charge in [-0.15, -0.1) is 5.10 Å². The van der Waals surface area contributed by atoms with E-state index >= 15 is 0 Å². The monoisotopic (exact) mass is 471 g/mol. The molecule has 3 heterocycles. The Bertz CT molecular complexity index is 1330. The fourth-order valence-electron chi connectivity index (χ4n) is 4.87. The van der Waals surface area contributed by atoms with Crippen LogP contribution in [-0.2, 0) is 9.59 Å². The molecule has 2 aliphatic heterocycles. The molecule has 170 valence electrons. The lowest BCUT2D eigenvalue weighted by Crippen LogP contribution is -2.32. The van der Waals surface area contributed by atoms with Gasteiger partial charge in [-0.2, -0.15) is 4.98 Å². The number of rotatable bonds is 3. The lowest BCUT2D eigenvalue weighted by molar-refractivity contribution is -0.122. The molecule has 3 aromatic rings. The summed E-state index contributed by atoms with van der Waals surface area (Å²) in [6, 6.07) is 15.5. The van der Waals surface area contributed by atoms with Gasteiger partial charge in [-0.05, 0) is 49.1 Å². The van der Waals surface area contributed by atoms with Crippen LogP contribution in [-0.4, -0.2) is 26.6 Å². The highest BCUT2D eigenvalue weighted by Crippen LogP contribution is 2.39. The number of hydrogen-bond acceptors (Lipinski definition) is 5. The van der Waals surface area contributed by atoms with Crippen molar-refractivity contribution in [3.8, 4) is 0 Å². The summed E-state index contributed by atoms with van der Waals surface area (Å²) in [5, 5.41) is 8.64. The molecule has 8 heteroatoms. The van der Waals surface area contributed by atoms with E-state index in [-0.39, 0.29) is 35.6 Å². The first-order valence-electron chi connectivity index (χ1n) is 11.3. The number of halogens is 1. The van der Waals surface area contributed by atoms with Crippen LogP contribution in [0.5, 0.6) is 0 Å². The summed E-state index contributed by atoms with van der Waals surface area (Å²) in [7, 11) is 0. The van der Waals surface area contributed by atoms with Crippen molar-refractivity contribution in [3.05, 3.63) is 88.5 Å². The van der Waals surface area contributed by atoms with Gasteiger partial charge in [0.2, 0.25) is 17.8 Å². The Morgan fingerprint density at radius 2 is 1.59 bits per heavy atom.